The molecule has 0 spiro atoms. The van der Waals surface area contributed by atoms with Crippen LogP contribution in [-0.4, -0.2) is 37.0 Å². The van der Waals surface area contributed by atoms with Gasteiger partial charge in [-0.2, -0.15) is 0 Å². The summed E-state index contributed by atoms with van der Waals surface area (Å²) in [6.45, 7) is 4.81. The maximum atomic E-state index is 13.1. The molecule has 0 N–H and O–H groups in total. The van der Waals surface area contributed by atoms with Crippen LogP contribution < -0.4 is 10.4 Å². The van der Waals surface area contributed by atoms with Crippen molar-refractivity contribution in [1.29, 1.82) is 0 Å². The fourth-order valence-electron chi connectivity index (χ4n) is 4.55. The van der Waals surface area contributed by atoms with E-state index in [4.69, 9.17) is 17.5 Å². The van der Waals surface area contributed by atoms with Crippen LogP contribution in [0.5, 0.6) is 0 Å². The lowest BCUT2D eigenvalue weighted by Gasteiger charge is -2.26. The smallest absolute Gasteiger partial charge is 0.318 e. The quantitative estimate of drug-likeness (QED) is 0.0954. The first-order valence-corrected chi connectivity index (χ1v) is 13.2. The van der Waals surface area contributed by atoms with E-state index in [0.29, 0.717) is 28.0 Å². The van der Waals surface area contributed by atoms with E-state index in [1.165, 1.54) is 6.92 Å². The van der Waals surface area contributed by atoms with Gasteiger partial charge in [-0.3, -0.25) is 4.79 Å². The van der Waals surface area contributed by atoms with Gasteiger partial charge >= 0.3 is 11.9 Å². The molecular weight excluding hydrogens is 529 g/mol. The summed E-state index contributed by atoms with van der Waals surface area (Å²) in [6, 6.07) is 29.5. The van der Waals surface area contributed by atoms with E-state index < -0.39 is 11.9 Å². The average molecular weight is 555 g/mol. The van der Waals surface area contributed by atoms with Crippen molar-refractivity contribution in [3.05, 3.63) is 119 Å². The van der Waals surface area contributed by atoms with Crippen molar-refractivity contribution in [1.82, 2.24) is 0 Å². The zero-order valence-corrected chi connectivity index (χ0v) is 23.3. The number of anilines is 3. The summed E-state index contributed by atoms with van der Waals surface area (Å²) in [6.07, 6.45) is 0. The van der Waals surface area contributed by atoms with Gasteiger partial charge in [0, 0.05) is 40.7 Å². The number of oxime groups is 2. The third-order valence-corrected chi connectivity index (χ3v) is 6.87. The lowest BCUT2D eigenvalue weighted by Crippen LogP contribution is -2.16. The molecule has 9 heteroatoms. The molecule has 0 saturated heterocycles. The van der Waals surface area contributed by atoms with Gasteiger partial charge in [-0.1, -0.05) is 64.3 Å². The van der Waals surface area contributed by atoms with Crippen LogP contribution in [0.4, 0.5) is 17.1 Å². The molecular formula is C33H26BN3O5. The van der Waals surface area contributed by atoms with E-state index in [1.54, 1.807) is 50.2 Å². The van der Waals surface area contributed by atoms with Gasteiger partial charge in [-0.15, -0.1) is 0 Å². The van der Waals surface area contributed by atoms with Crippen LogP contribution in [0.15, 0.2) is 107 Å². The zero-order chi connectivity index (χ0) is 29.8. The van der Waals surface area contributed by atoms with Crippen molar-refractivity contribution in [3.8, 4) is 0 Å². The molecule has 1 atom stereocenters. The van der Waals surface area contributed by atoms with Crippen LogP contribution in [0.2, 0.25) is 0 Å². The highest BCUT2D eigenvalue weighted by Crippen LogP contribution is 2.35. The number of benzene rings is 4. The molecule has 5 rings (SSSR count). The van der Waals surface area contributed by atoms with E-state index in [0.717, 1.165) is 28.2 Å². The summed E-state index contributed by atoms with van der Waals surface area (Å²) < 4.78 is 0. The van der Waals surface area contributed by atoms with Gasteiger partial charge in [0.15, 0.2) is 5.78 Å². The molecule has 1 aliphatic rings. The summed E-state index contributed by atoms with van der Waals surface area (Å²) >= 11 is 0. The molecule has 1 aliphatic heterocycles. The Bertz CT molecular complexity index is 1710. The molecule has 0 saturated carbocycles. The fourth-order valence-corrected chi connectivity index (χ4v) is 4.55. The van der Waals surface area contributed by atoms with Crippen LogP contribution >= 0.6 is 0 Å². The lowest BCUT2D eigenvalue weighted by molar-refractivity contribution is -0.143. The van der Waals surface area contributed by atoms with E-state index in [-0.39, 0.29) is 11.8 Å². The Balaban J connectivity index is 1.50. The van der Waals surface area contributed by atoms with Gasteiger partial charge in [0.2, 0.25) is 0 Å². The standard InChI is InChI=1S/C33H26BN3O5/c1-20-31(36-42-33(20)40)24-10-16-27(17-11-24)37(26-14-8-23(9-15-26)21(2)35-41-22(3)38)28-18-12-25(13-19-28)32(39)29-6-4-5-7-30(29)34/h4-20H,1-3H3/b35-21+. The third kappa shape index (κ3) is 5.90. The predicted octanol–water partition coefficient (Wildman–Crippen LogP) is 5.37. The summed E-state index contributed by atoms with van der Waals surface area (Å²) in [5, 5.41) is 7.81. The first kappa shape index (κ1) is 28.2. The van der Waals surface area contributed by atoms with E-state index in [9.17, 15) is 14.4 Å². The molecule has 4 aromatic carbocycles. The first-order chi connectivity index (χ1) is 20.2. The minimum Gasteiger partial charge on any atom is -0.318 e. The van der Waals surface area contributed by atoms with Crippen molar-refractivity contribution >= 4 is 59.5 Å². The number of hydrogen-bond donors (Lipinski definition) is 0. The van der Waals surface area contributed by atoms with Crippen LogP contribution in [-0.2, 0) is 19.3 Å². The first-order valence-electron chi connectivity index (χ1n) is 13.2. The van der Waals surface area contributed by atoms with Crippen molar-refractivity contribution < 1.29 is 24.1 Å². The SMILES string of the molecule is [B]c1ccccc1C(=O)c1ccc(N(c2ccc(C3=NOC(=O)C3C)cc2)c2ccc(/C(C)=N/OC(C)=O)cc2)cc1. The molecule has 0 fully saturated rings. The highest BCUT2D eigenvalue weighted by atomic mass is 16.7. The molecule has 8 nitrogen and oxygen atoms in total. The topological polar surface area (TPSA) is 97.6 Å². The van der Waals surface area contributed by atoms with Crippen molar-refractivity contribution in [2.24, 2.45) is 16.2 Å². The highest BCUT2D eigenvalue weighted by molar-refractivity contribution is 6.37. The lowest BCUT2D eigenvalue weighted by atomic mass is 9.87. The molecule has 0 aliphatic carbocycles. The number of rotatable bonds is 8. The van der Waals surface area contributed by atoms with Crippen LogP contribution in [0, 0.1) is 5.92 Å². The molecule has 1 heterocycles. The minimum atomic E-state index is -0.494. The Kier molecular flexibility index (Phi) is 8.11. The summed E-state index contributed by atoms with van der Waals surface area (Å²) in [5.74, 6) is -1.48. The van der Waals surface area contributed by atoms with Gasteiger partial charge in [0.05, 0.1) is 5.71 Å². The second-order valence-corrected chi connectivity index (χ2v) is 9.76. The molecule has 0 bridgehead atoms. The zero-order valence-electron chi connectivity index (χ0n) is 23.3. The Morgan fingerprint density at radius 2 is 1.38 bits per heavy atom. The number of carbonyl (C=O) groups is 3. The number of nitrogens with zero attached hydrogens (tertiary/aromatic N) is 3. The molecule has 0 aromatic heterocycles. The van der Waals surface area contributed by atoms with Crippen molar-refractivity contribution in [2.75, 3.05) is 4.90 Å². The van der Waals surface area contributed by atoms with Gasteiger partial charge in [-0.05, 0) is 67.9 Å². The van der Waals surface area contributed by atoms with Gasteiger partial charge < -0.3 is 14.6 Å². The Labute approximate surface area is 244 Å². The normalized spacial score (nSPS) is 14.6. The largest absolute Gasteiger partial charge is 0.343 e. The molecule has 1 unspecified atom stereocenters. The minimum absolute atomic E-state index is 0.161. The number of carbonyl (C=O) groups excluding carboxylic acids is 3. The van der Waals surface area contributed by atoms with E-state index in [1.807, 2.05) is 65.6 Å². The summed E-state index contributed by atoms with van der Waals surface area (Å²) in [5.41, 5.74) is 6.57. The Morgan fingerprint density at radius 3 is 1.90 bits per heavy atom. The van der Waals surface area contributed by atoms with Crippen LogP contribution in [0.3, 0.4) is 0 Å². The highest BCUT2D eigenvalue weighted by Gasteiger charge is 2.29. The van der Waals surface area contributed by atoms with Crippen LogP contribution in [0.1, 0.15) is 47.8 Å². The number of ketones is 1. The number of hydrogen-bond acceptors (Lipinski definition) is 8. The maximum absolute atomic E-state index is 13.1. The van der Waals surface area contributed by atoms with Gasteiger partial charge in [-0.25, -0.2) is 9.59 Å². The second-order valence-electron chi connectivity index (χ2n) is 9.76. The Morgan fingerprint density at radius 1 is 0.833 bits per heavy atom. The molecule has 0 amide bonds. The van der Waals surface area contributed by atoms with E-state index in [2.05, 4.69) is 10.3 Å². The average Bonchev–Trinajstić information content (AvgIpc) is 3.34. The van der Waals surface area contributed by atoms with Crippen LogP contribution in [0.25, 0.3) is 0 Å². The van der Waals surface area contributed by atoms with Crippen molar-refractivity contribution in [3.63, 3.8) is 0 Å². The van der Waals surface area contributed by atoms with Crippen molar-refractivity contribution in [2.45, 2.75) is 20.8 Å². The fraction of sp³-hybridized carbons (Fsp3) is 0.121. The van der Waals surface area contributed by atoms with Gasteiger partial charge in [0.25, 0.3) is 0 Å². The summed E-state index contributed by atoms with van der Waals surface area (Å²) in [7, 11) is 6.03. The molecule has 206 valence electrons. The van der Waals surface area contributed by atoms with Gasteiger partial charge in [0.1, 0.15) is 19.5 Å². The molecule has 4 aromatic rings. The monoisotopic (exact) mass is 555 g/mol. The third-order valence-electron chi connectivity index (χ3n) is 6.87. The Hall–Kier alpha value is -5.31. The molecule has 42 heavy (non-hydrogen) atoms. The predicted molar refractivity (Wildman–Crippen MR) is 162 cm³/mol. The summed E-state index contributed by atoms with van der Waals surface area (Å²) in [4.78, 5) is 47.7. The van der Waals surface area contributed by atoms with E-state index >= 15 is 0 Å². The second kappa shape index (κ2) is 12.1. The maximum Gasteiger partial charge on any atom is 0.343 e. The molecule has 2 radical (unpaired) electrons.